The van der Waals surface area contributed by atoms with Gasteiger partial charge >= 0.3 is 0 Å². The molecule has 1 heterocycles. The number of fused-ring (bicyclic) bond motifs is 1. The second-order valence-electron chi connectivity index (χ2n) is 4.84. The Balaban J connectivity index is 2.26. The van der Waals surface area contributed by atoms with Crippen molar-refractivity contribution < 1.29 is 4.74 Å². The lowest BCUT2D eigenvalue weighted by atomic mass is 9.97. The zero-order valence-corrected chi connectivity index (χ0v) is 10.4. The van der Waals surface area contributed by atoms with Crippen molar-refractivity contribution in [2.75, 3.05) is 0 Å². The van der Waals surface area contributed by atoms with Gasteiger partial charge in [0.1, 0.15) is 11.9 Å². The van der Waals surface area contributed by atoms with Crippen LogP contribution in [-0.2, 0) is 12.8 Å². The van der Waals surface area contributed by atoms with Gasteiger partial charge in [-0.2, -0.15) is 0 Å². The summed E-state index contributed by atoms with van der Waals surface area (Å²) in [4.78, 5) is 0. The molecule has 16 heavy (non-hydrogen) atoms. The standard InChI is InChI=1S/C14H21NO/c1-4-13(15)8-11-5-6-12-7-9(2)16-14(12)10(11)3/h5-6,9,13H,4,7-8,15H2,1-3H3. The molecule has 0 bridgehead atoms. The fourth-order valence-corrected chi connectivity index (χ4v) is 2.31. The van der Waals surface area contributed by atoms with E-state index in [0.29, 0.717) is 6.10 Å². The average molecular weight is 219 g/mol. The van der Waals surface area contributed by atoms with Gasteiger partial charge in [0.2, 0.25) is 0 Å². The number of hydrogen-bond donors (Lipinski definition) is 1. The first-order chi connectivity index (χ1) is 7.61. The van der Waals surface area contributed by atoms with Crippen LogP contribution in [0.4, 0.5) is 0 Å². The lowest BCUT2D eigenvalue weighted by Crippen LogP contribution is -2.21. The summed E-state index contributed by atoms with van der Waals surface area (Å²) in [6.07, 6.45) is 3.33. The molecule has 2 atom stereocenters. The van der Waals surface area contributed by atoms with Crippen LogP contribution in [0.2, 0.25) is 0 Å². The van der Waals surface area contributed by atoms with Crippen LogP contribution in [-0.4, -0.2) is 12.1 Å². The van der Waals surface area contributed by atoms with E-state index in [2.05, 4.69) is 32.9 Å². The van der Waals surface area contributed by atoms with Crippen LogP contribution >= 0.6 is 0 Å². The van der Waals surface area contributed by atoms with Crippen molar-refractivity contribution in [3.63, 3.8) is 0 Å². The molecular weight excluding hydrogens is 198 g/mol. The largest absolute Gasteiger partial charge is 0.490 e. The first kappa shape index (κ1) is 11.5. The molecular formula is C14H21NO. The predicted octanol–water partition coefficient (Wildman–Crippen LogP) is 2.60. The Morgan fingerprint density at radius 1 is 1.50 bits per heavy atom. The van der Waals surface area contributed by atoms with Crippen LogP contribution in [0.1, 0.15) is 37.0 Å². The highest BCUT2D eigenvalue weighted by molar-refractivity contribution is 5.48. The van der Waals surface area contributed by atoms with Crippen molar-refractivity contribution in [3.8, 4) is 5.75 Å². The molecule has 2 heteroatoms. The van der Waals surface area contributed by atoms with E-state index in [0.717, 1.165) is 25.0 Å². The van der Waals surface area contributed by atoms with Gasteiger partial charge in [0.15, 0.2) is 0 Å². The minimum absolute atomic E-state index is 0.260. The molecule has 1 aromatic carbocycles. The van der Waals surface area contributed by atoms with Gasteiger partial charge in [-0.15, -0.1) is 0 Å². The molecule has 1 aromatic rings. The molecule has 2 unspecified atom stereocenters. The second kappa shape index (κ2) is 4.46. The quantitative estimate of drug-likeness (QED) is 0.848. The van der Waals surface area contributed by atoms with Crippen molar-refractivity contribution in [1.82, 2.24) is 0 Å². The van der Waals surface area contributed by atoms with Gasteiger partial charge in [0.05, 0.1) is 0 Å². The third kappa shape index (κ3) is 2.07. The second-order valence-corrected chi connectivity index (χ2v) is 4.84. The summed E-state index contributed by atoms with van der Waals surface area (Å²) < 4.78 is 5.85. The van der Waals surface area contributed by atoms with Gasteiger partial charge in [-0.1, -0.05) is 19.1 Å². The van der Waals surface area contributed by atoms with E-state index < -0.39 is 0 Å². The topological polar surface area (TPSA) is 35.2 Å². The van der Waals surface area contributed by atoms with Gasteiger partial charge in [-0.25, -0.2) is 0 Å². The molecule has 2 nitrogen and oxygen atoms in total. The normalized spacial score (nSPS) is 20.4. The van der Waals surface area contributed by atoms with Crippen LogP contribution < -0.4 is 10.5 Å². The van der Waals surface area contributed by atoms with Crippen LogP contribution in [0.5, 0.6) is 5.75 Å². The number of rotatable bonds is 3. The molecule has 0 radical (unpaired) electrons. The van der Waals surface area contributed by atoms with E-state index in [4.69, 9.17) is 10.5 Å². The van der Waals surface area contributed by atoms with E-state index in [9.17, 15) is 0 Å². The van der Waals surface area contributed by atoms with Gasteiger partial charge in [-0.3, -0.25) is 0 Å². The Kier molecular flexibility index (Phi) is 3.20. The summed E-state index contributed by atoms with van der Waals surface area (Å²) in [6.45, 7) is 6.40. The third-order valence-corrected chi connectivity index (χ3v) is 3.43. The van der Waals surface area contributed by atoms with Crippen molar-refractivity contribution in [1.29, 1.82) is 0 Å². The van der Waals surface area contributed by atoms with Gasteiger partial charge in [0.25, 0.3) is 0 Å². The van der Waals surface area contributed by atoms with E-state index >= 15 is 0 Å². The Morgan fingerprint density at radius 2 is 2.25 bits per heavy atom. The zero-order valence-electron chi connectivity index (χ0n) is 10.4. The summed E-state index contributed by atoms with van der Waals surface area (Å²) in [5.74, 6) is 1.10. The van der Waals surface area contributed by atoms with Gasteiger partial charge < -0.3 is 10.5 Å². The van der Waals surface area contributed by atoms with Crippen LogP contribution in [0, 0.1) is 6.92 Å². The Morgan fingerprint density at radius 3 is 2.94 bits per heavy atom. The Labute approximate surface area is 97.8 Å². The highest BCUT2D eigenvalue weighted by Gasteiger charge is 2.22. The molecule has 0 fully saturated rings. The lowest BCUT2D eigenvalue weighted by molar-refractivity contribution is 0.253. The van der Waals surface area contributed by atoms with Crippen LogP contribution in [0.15, 0.2) is 12.1 Å². The molecule has 1 aliphatic rings. The summed E-state index contributed by atoms with van der Waals surface area (Å²) >= 11 is 0. The maximum atomic E-state index is 6.01. The van der Waals surface area contributed by atoms with Crippen molar-refractivity contribution >= 4 is 0 Å². The Bertz CT molecular complexity index is 387. The van der Waals surface area contributed by atoms with Gasteiger partial charge in [-0.05, 0) is 43.4 Å². The number of benzene rings is 1. The minimum atomic E-state index is 0.260. The predicted molar refractivity (Wildman–Crippen MR) is 66.9 cm³/mol. The summed E-state index contributed by atoms with van der Waals surface area (Å²) in [5.41, 5.74) is 9.97. The van der Waals surface area contributed by atoms with Crippen molar-refractivity contribution in [2.24, 2.45) is 5.73 Å². The third-order valence-electron chi connectivity index (χ3n) is 3.43. The number of nitrogens with two attached hydrogens (primary N) is 1. The van der Waals surface area contributed by atoms with E-state index in [1.54, 1.807) is 0 Å². The molecule has 0 amide bonds. The molecule has 88 valence electrons. The molecule has 0 spiro atoms. The van der Waals surface area contributed by atoms with Gasteiger partial charge in [0, 0.05) is 12.5 Å². The van der Waals surface area contributed by atoms with E-state index in [1.807, 2.05) is 0 Å². The molecule has 2 N–H and O–H groups in total. The first-order valence-electron chi connectivity index (χ1n) is 6.15. The molecule has 0 aliphatic carbocycles. The minimum Gasteiger partial charge on any atom is -0.490 e. The highest BCUT2D eigenvalue weighted by Crippen LogP contribution is 2.34. The monoisotopic (exact) mass is 219 g/mol. The summed E-state index contributed by atoms with van der Waals surface area (Å²) in [6, 6.07) is 4.67. The fraction of sp³-hybridized carbons (Fsp3) is 0.571. The summed E-state index contributed by atoms with van der Waals surface area (Å²) in [7, 11) is 0. The van der Waals surface area contributed by atoms with Crippen LogP contribution in [0.3, 0.4) is 0 Å². The first-order valence-corrected chi connectivity index (χ1v) is 6.15. The number of ether oxygens (including phenoxy) is 1. The fourth-order valence-electron chi connectivity index (χ4n) is 2.31. The highest BCUT2D eigenvalue weighted by atomic mass is 16.5. The smallest absolute Gasteiger partial charge is 0.126 e. The SMILES string of the molecule is CCC(N)Cc1ccc2c(c1C)OC(C)C2. The van der Waals surface area contributed by atoms with Crippen molar-refractivity contribution in [3.05, 3.63) is 28.8 Å². The van der Waals surface area contributed by atoms with Crippen LogP contribution in [0.25, 0.3) is 0 Å². The zero-order chi connectivity index (χ0) is 11.7. The molecule has 1 aliphatic heterocycles. The Hall–Kier alpha value is -1.02. The van der Waals surface area contributed by atoms with Crippen molar-refractivity contribution in [2.45, 2.75) is 52.2 Å². The van der Waals surface area contributed by atoms with E-state index in [1.165, 1.54) is 16.7 Å². The molecule has 0 saturated heterocycles. The molecule has 0 saturated carbocycles. The van der Waals surface area contributed by atoms with E-state index in [-0.39, 0.29) is 6.04 Å². The lowest BCUT2D eigenvalue weighted by Gasteiger charge is -2.14. The molecule has 2 rings (SSSR count). The average Bonchev–Trinajstić information content (AvgIpc) is 2.64. The summed E-state index contributed by atoms with van der Waals surface area (Å²) in [5, 5.41) is 0. The molecule has 0 aromatic heterocycles. The maximum absolute atomic E-state index is 6.01. The number of hydrogen-bond acceptors (Lipinski definition) is 2. The maximum Gasteiger partial charge on any atom is 0.126 e.